The lowest BCUT2D eigenvalue weighted by molar-refractivity contribution is -0.197. The first kappa shape index (κ1) is 105. The molecule has 0 spiro atoms. The van der Waals surface area contributed by atoms with Crippen LogP contribution < -0.4 is 27.0 Å². The number of halogens is 2. The minimum absolute atomic E-state index is 0.0823. The number of amides is 6. The molecule has 0 bridgehead atoms. The number of nitrogens with one attached hydrogen (secondary N) is 4. The highest BCUT2D eigenvalue weighted by molar-refractivity contribution is 14.1. The van der Waals surface area contributed by atoms with Gasteiger partial charge in [0.15, 0.2) is 5.78 Å². The van der Waals surface area contributed by atoms with Gasteiger partial charge >= 0.3 is 59.9 Å². The fourth-order valence-electron chi connectivity index (χ4n) is 11.2. The summed E-state index contributed by atoms with van der Waals surface area (Å²) in [6.45, 7) is 5.29. The molecule has 13 N–H and O–H groups in total. The van der Waals surface area contributed by atoms with Gasteiger partial charge in [0.05, 0.1) is 38.1 Å². The lowest BCUT2D eigenvalue weighted by Crippen LogP contribution is -2.51. The van der Waals surface area contributed by atoms with E-state index in [1.165, 1.54) is 18.3 Å². The number of hydroxylamine groups is 2. The second kappa shape index (κ2) is 64.9. The molecule has 2 aromatic carbocycles. The van der Waals surface area contributed by atoms with Crippen LogP contribution in [0.4, 0.5) is 4.79 Å². The predicted molar refractivity (Wildman–Crippen MR) is 427 cm³/mol. The van der Waals surface area contributed by atoms with Gasteiger partial charge in [-0.1, -0.05) is 63.8 Å². The Hall–Kier alpha value is -8.47. The largest absolute Gasteiger partial charge is 0.481 e. The third-order valence-electron chi connectivity index (χ3n) is 17.5. The number of nitrogens with two attached hydrogens (primary N) is 1. The van der Waals surface area contributed by atoms with E-state index in [9.17, 15) is 92.3 Å². The van der Waals surface area contributed by atoms with Crippen molar-refractivity contribution in [3.8, 4) is 0 Å². The molecule has 35 nitrogen and oxygen atoms in total. The number of urea groups is 1. The number of carboxylic acids is 7. The van der Waals surface area contributed by atoms with Gasteiger partial charge in [0, 0.05) is 130 Å². The van der Waals surface area contributed by atoms with E-state index in [0.29, 0.717) is 108 Å². The van der Waals surface area contributed by atoms with Gasteiger partial charge in [0.2, 0.25) is 11.8 Å². The summed E-state index contributed by atoms with van der Waals surface area (Å²) in [4.78, 5) is 204. The molecule has 0 radical (unpaired) electrons. The predicted octanol–water partition coefficient (Wildman–Crippen LogP) is 5.86. The first-order chi connectivity index (χ1) is 53.7. The standard InChI is InChI=1S/C49H85N9O17.C15H16INO4.C8H9I.C3H6O2.CO2/c50-20-10-9-16-38(53-42(62)32-55-23-25-56(33-44(65)66)27-29-58(35-46(69)70)30-28-57(26-24-55)34-45(67)68)40(60)31-36(47(71)72)13-5-3-7-15-37(59)14-6-1-2-8-17-41(61)51-21-11-4-12-22-52-49(75)54-39(48(73)74)18-19-43(63)64;16-12-7-5-11(6-8-12)3-1-2-4-15(20)21-17-13(18)9-10-14(17)19;1-2-7-3-5-8(9)6-4-7;1-2-3(4)5;2-1-3/h36,38-39H,1-35,50H2,(H,51,61)(H,53,62)(H,63,64)(H,65,66)(H,67,68)(H,69,70)(H,71,72)(H,73,74)(H2,52,54,75);5-8H,1-4,9-10H2;3-6H,2H2,1H3;2H2,1H3,(H,4,5);/t36?,38?,39-;;;;/m0..../s1. The van der Waals surface area contributed by atoms with E-state index in [2.05, 4.69) is 122 Å². The summed E-state index contributed by atoms with van der Waals surface area (Å²) in [6.07, 6.45) is 12.6. The number of carboxylic acid groups (broad SMARTS) is 7. The molecule has 2 unspecified atom stereocenters. The third-order valence-corrected chi connectivity index (χ3v) is 18.9. The van der Waals surface area contributed by atoms with E-state index in [-0.39, 0.29) is 154 Å². The molecule has 634 valence electrons. The summed E-state index contributed by atoms with van der Waals surface area (Å²) < 4.78 is 2.50. The van der Waals surface area contributed by atoms with Crippen molar-refractivity contribution in [1.82, 2.24) is 45.9 Å². The summed E-state index contributed by atoms with van der Waals surface area (Å²) in [5, 5.41) is 75.1. The first-order valence-electron chi connectivity index (χ1n) is 38.1. The average molecular weight is 1820 g/mol. The number of carbonyl (C=O) groups excluding carboxylic acids is 10. The summed E-state index contributed by atoms with van der Waals surface area (Å²) in [5.74, 6) is -11.0. The Kier molecular flexibility index (Phi) is 60.0. The van der Waals surface area contributed by atoms with Crippen molar-refractivity contribution in [2.45, 2.75) is 206 Å². The topological polar surface area (TPSA) is 531 Å². The minimum atomic E-state index is -1.32. The molecule has 113 heavy (non-hydrogen) atoms. The molecule has 2 aliphatic rings. The average Bonchev–Trinajstić information content (AvgIpc) is 1.78. The molecule has 2 saturated heterocycles. The zero-order valence-corrected chi connectivity index (χ0v) is 69.1. The second-order valence-electron chi connectivity index (χ2n) is 26.8. The second-order valence-corrected chi connectivity index (χ2v) is 29.3. The summed E-state index contributed by atoms with van der Waals surface area (Å²) in [5.41, 5.74) is 8.34. The van der Waals surface area contributed by atoms with Gasteiger partial charge in [0.25, 0.3) is 11.8 Å². The molecule has 2 aliphatic heterocycles. The van der Waals surface area contributed by atoms with E-state index in [1.807, 2.05) is 0 Å². The van der Waals surface area contributed by atoms with Crippen LogP contribution >= 0.6 is 45.2 Å². The van der Waals surface area contributed by atoms with E-state index >= 15 is 0 Å². The molecule has 2 fully saturated rings. The number of ketones is 2. The molecule has 0 saturated carbocycles. The monoisotopic (exact) mass is 1820 g/mol. The van der Waals surface area contributed by atoms with Crippen LogP contribution in [0.3, 0.4) is 0 Å². The van der Waals surface area contributed by atoms with Crippen LogP contribution in [-0.2, 0) is 94.4 Å². The Morgan fingerprint density at radius 1 is 0.469 bits per heavy atom. The Morgan fingerprint density at radius 3 is 1.35 bits per heavy atom. The zero-order chi connectivity index (χ0) is 84.9. The molecule has 37 heteroatoms. The fraction of sp³-hybridized carbons (Fsp3) is 0.632. The van der Waals surface area contributed by atoms with Crippen LogP contribution in [0.5, 0.6) is 0 Å². The molecular formula is C76H116I2N10O25. The number of hydrogen-bond donors (Lipinski definition) is 12. The number of imide groups is 1. The van der Waals surface area contributed by atoms with E-state index < -0.39 is 102 Å². The highest BCUT2D eigenvalue weighted by atomic mass is 127. The van der Waals surface area contributed by atoms with Gasteiger partial charge in [-0.3, -0.25) is 77.1 Å². The number of unbranched alkanes of at least 4 members (excludes halogenated alkanes) is 9. The number of benzene rings is 2. The lowest BCUT2D eigenvalue weighted by Gasteiger charge is -2.33. The van der Waals surface area contributed by atoms with Crippen molar-refractivity contribution in [1.29, 1.82) is 0 Å². The summed E-state index contributed by atoms with van der Waals surface area (Å²) >= 11 is 4.57. The van der Waals surface area contributed by atoms with Gasteiger partial charge in [-0.05, 0) is 183 Å². The van der Waals surface area contributed by atoms with Gasteiger partial charge in [-0.2, -0.15) is 9.59 Å². The number of carbonyl (C=O) groups is 15. The maximum atomic E-state index is 13.7. The Bertz CT molecular complexity index is 3230. The third kappa shape index (κ3) is 57.3. The maximum Gasteiger partial charge on any atom is 0.373 e. The van der Waals surface area contributed by atoms with Crippen molar-refractivity contribution in [3.05, 3.63) is 66.8 Å². The van der Waals surface area contributed by atoms with Gasteiger partial charge in [0.1, 0.15) is 11.8 Å². The minimum Gasteiger partial charge on any atom is -0.481 e. The lowest BCUT2D eigenvalue weighted by atomic mass is 9.91. The van der Waals surface area contributed by atoms with Crippen molar-refractivity contribution in [2.24, 2.45) is 11.7 Å². The maximum absolute atomic E-state index is 13.7. The zero-order valence-electron chi connectivity index (χ0n) is 64.8. The van der Waals surface area contributed by atoms with Crippen molar-refractivity contribution in [2.75, 3.05) is 98.2 Å². The number of nitrogens with zero attached hydrogens (tertiary/aromatic N) is 5. The molecule has 2 heterocycles. The highest BCUT2D eigenvalue weighted by Gasteiger charge is 2.33. The number of hydrogen-bond acceptors (Lipinski definition) is 23. The van der Waals surface area contributed by atoms with Crippen LogP contribution in [0, 0.1) is 13.1 Å². The molecule has 3 atom stereocenters. The highest BCUT2D eigenvalue weighted by Crippen LogP contribution is 2.20. The normalized spacial score (nSPS) is 14.2. The van der Waals surface area contributed by atoms with Crippen molar-refractivity contribution < 1.29 is 122 Å². The van der Waals surface area contributed by atoms with Crippen LogP contribution in [-0.4, -0.2) is 266 Å². The molecular weight excluding hydrogens is 1710 g/mol. The number of rotatable bonds is 49. The van der Waals surface area contributed by atoms with Crippen LogP contribution in [0.15, 0.2) is 48.5 Å². The Balaban J connectivity index is 0.00000264. The van der Waals surface area contributed by atoms with Crippen molar-refractivity contribution >= 4 is 140 Å². The first-order valence-corrected chi connectivity index (χ1v) is 40.3. The number of aliphatic carboxylic acids is 7. The van der Waals surface area contributed by atoms with E-state index in [4.69, 9.17) is 35.5 Å². The molecule has 0 aliphatic carbocycles. The number of Topliss-reactive ketones (excluding diaryl/α,β-unsaturated/α-hetero) is 2. The van der Waals surface area contributed by atoms with Gasteiger partial charge in [-0.15, -0.1) is 5.06 Å². The molecule has 6 amide bonds. The van der Waals surface area contributed by atoms with Gasteiger partial charge < -0.3 is 67.6 Å². The van der Waals surface area contributed by atoms with Gasteiger partial charge in [-0.25, -0.2) is 14.4 Å². The fourth-order valence-corrected chi connectivity index (χ4v) is 11.9. The SMILES string of the molecule is CCC(=O)O.CCc1ccc(I)cc1.NCCCCC(NC(=O)CN1CCN(CC(=O)O)CCN(CC(=O)O)CCN(CC(=O)O)CC1)C(=O)CC(CCCCCC(=O)CCCCCCC(=O)NCCCCCNC(=O)N[C@@H](CCC(=O)O)C(=O)O)C(=O)O.O=C(CCCCc1ccc(I)cc1)ON1C(=O)CCC1=O.O=C=O. The number of aryl methyl sites for hydroxylation is 2. The molecule has 2 aromatic rings. The van der Waals surface area contributed by atoms with E-state index in [0.717, 1.165) is 32.1 Å². The molecule has 4 rings (SSSR count). The Labute approximate surface area is 686 Å². The smallest absolute Gasteiger partial charge is 0.373 e. The Morgan fingerprint density at radius 2 is 0.903 bits per heavy atom. The molecule has 0 aromatic heterocycles. The van der Waals surface area contributed by atoms with Crippen LogP contribution in [0.25, 0.3) is 0 Å². The summed E-state index contributed by atoms with van der Waals surface area (Å²) in [7, 11) is 0. The van der Waals surface area contributed by atoms with E-state index in [1.54, 1.807) is 26.5 Å². The van der Waals surface area contributed by atoms with Crippen molar-refractivity contribution in [3.63, 3.8) is 0 Å². The van der Waals surface area contributed by atoms with Crippen LogP contribution in [0.1, 0.15) is 192 Å². The quantitative estimate of drug-likeness (QED) is 0.0209. The van der Waals surface area contributed by atoms with Crippen LogP contribution in [0.2, 0.25) is 0 Å². The summed E-state index contributed by atoms with van der Waals surface area (Å²) in [6, 6.07) is 13.9.